The van der Waals surface area contributed by atoms with Crippen LogP contribution >= 0.6 is 0 Å². The fourth-order valence-corrected chi connectivity index (χ4v) is 4.20. The highest BCUT2D eigenvalue weighted by Gasteiger charge is 2.46. The fraction of sp³-hybridized carbons (Fsp3) is 0.222. The summed E-state index contributed by atoms with van der Waals surface area (Å²) in [7, 11) is 4.47. The first-order valence-electron chi connectivity index (χ1n) is 10.9. The molecule has 8 heteroatoms. The van der Waals surface area contributed by atoms with E-state index in [1.807, 2.05) is 19.1 Å². The maximum absolute atomic E-state index is 13.3. The SMILES string of the molecule is COc1cc(C2/C(=C(\O)c3ccc(C)cc3)C(=O)C(=O)N2Cc2ccncc2)cc(OC)c1OC. The van der Waals surface area contributed by atoms with Gasteiger partial charge in [-0.1, -0.05) is 29.8 Å². The quantitative estimate of drug-likeness (QED) is 0.314. The zero-order valence-corrected chi connectivity index (χ0v) is 19.9. The molecule has 1 aromatic heterocycles. The van der Waals surface area contributed by atoms with Crippen molar-refractivity contribution in [1.29, 1.82) is 0 Å². The van der Waals surface area contributed by atoms with Crippen molar-refractivity contribution in [3.8, 4) is 17.2 Å². The van der Waals surface area contributed by atoms with Crippen LogP contribution in [0, 0.1) is 6.92 Å². The Hall–Kier alpha value is -4.33. The zero-order valence-electron chi connectivity index (χ0n) is 19.9. The van der Waals surface area contributed by atoms with Crippen LogP contribution in [0.3, 0.4) is 0 Å². The third-order valence-electron chi connectivity index (χ3n) is 5.97. The average molecular weight is 475 g/mol. The van der Waals surface area contributed by atoms with Gasteiger partial charge >= 0.3 is 0 Å². The number of nitrogens with zero attached hydrogens (tertiary/aromatic N) is 2. The largest absolute Gasteiger partial charge is 0.507 e. The fourth-order valence-electron chi connectivity index (χ4n) is 4.20. The Morgan fingerprint density at radius 1 is 0.943 bits per heavy atom. The highest BCUT2D eigenvalue weighted by atomic mass is 16.5. The van der Waals surface area contributed by atoms with E-state index in [2.05, 4.69) is 4.98 Å². The number of aromatic nitrogens is 1. The minimum absolute atomic E-state index is 0.0119. The van der Waals surface area contributed by atoms with E-state index in [0.717, 1.165) is 11.1 Å². The molecule has 0 bridgehead atoms. The Labute approximate surface area is 203 Å². The lowest BCUT2D eigenvalue weighted by Crippen LogP contribution is -2.29. The molecule has 2 heterocycles. The highest BCUT2D eigenvalue weighted by molar-refractivity contribution is 6.46. The number of carbonyl (C=O) groups excluding carboxylic acids is 2. The smallest absolute Gasteiger partial charge is 0.295 e. The molecule has 8 nitrogen and oxygen atoms in total. The van der Waals surface area contributed by atoms with Gasteiger partial charge in [-0.15, -0.1) is 0 Å². The summed E-state index contributed by atoms with van der Waals surface area (Å²) in [4.78, 5) is 32.0. The van der Waals surface area contributed by atoms with Gasteiger partial charge in [0.05, 0.1) is 32.9 Å². The molecule has 180 valence electrons. The van der Waals surface area contributed by atoms with Gasteiger partial charge in [-0.2, -0.15) is 0 Å². The monoisotopic (exact) mass is 474 g/mol. The van der Waals surface area contributed by atoms with Gasteiger partial charge in [0.2, 0.25) is 5.75 Å². The van der Waals surface area contributed by atoms with Gasteiger partial charge in [-0.05, 0) is 42.3 Å². The maximum Gasteiger partial charge on any atom is 0.295 e. The summed E-state index contributed by atoms with van der Waals surface area (Å²) < 4.78 is 16.4. The van der Waals surface area contributed by atoms with Crippen LogP contribution in [0.1, 0.15) is 28.3 Å². The minimum Gasteiger partial charge on any atom is -0.507 e. The lowest BCUT2D eigenvalue weighted by molar-refractivity contribution is -0.140. The van der Waals surface area contributed by atoms with Gasteiger partial charge in [0, 0.05) is 24.5 Å². The molecule has 1 aliphatic heterocycles. The number of benzene rings is 2. The number of likely N-dealkylation sites (tertiary alicyclic amines) is 1. The van der Waals surface area contributed by atoms with Crippen molar-refractivity contribution in [3.05, 3.63) is 88.8 Å². The number of ether oxygens (including phenoxy) is 3. The Kier molecular flexibility index (Phi) is 6.73. The van der Waals surface area contributed by atoms with Crippen LogP contribution in [-0.4, -0.2) is 48.0 Å². The molecular formula is C27H26N2O6. The minimum atomic E-state index is -0.891. The van der Waals surface area contributed by atoms with Crippen LogP contribution in [0.15, 0.2) is 66.5 Å². The molecule has 35 heavy (non-hydrogen) atoms. The summed E-state index contributed by atoms with van der Waals surface area (Å²) in [6.45, 7) is 2.06. The van der Waals surface area contributed by atoms with Gasteiger partial charge in [-0.3, -0.25) is 14.6 Å². The molecule has 1 amide bonds. The number of rotatable bonds is 7. The Balaban J connectivity index is 1.94. The zero-order chi connectivity index (χ0) is 25.1. The number of aliphatic hydroxyl groups is 1. The van der Waals surface area contributed by atoms with Crippen molar-refractivity contribution in [2.45, 2.75) is 19.5 Å². The predicted molar refractivity (Wildman–Crippen MR) is 129 cm³/mol. The van der Waals surface area contributed by atoms with Crippen LogP contribution in [0.5, 0.6) is 17.2 Å². The van der Waals surface area contributed by atoms with Crippen molar-refractivity contribution >= 4 is 17.4 Å². The van der Waals surface area contributed by atoms with Crippen LogP contribution in [0.2, 0.25) is 0 Å². The van der Waals surface area contributed by atoms with Crippen molar-refractivity contribution in [3.63, 3.8) is 0 Å². The lowest BCUT2D eigenvalue weighted by Gasteiger charge is -2.26. The van der Waals surface area contributed by atoms with Crippen LogP contribution in [0.4, 0.5) is 0 Å². The molecule has 1 atom stereocenters. The number of hydrogen-bond acceptors (Lipinski definition) is 7. The van der Waals surface area contributed by atoms with Crippen LogP contribution < -0.4 is 14.2 Å². The van der Waals surface area contributed by atoms with E-state index in [0.29, 0.717) is 28.4 Å². The van der Waals surface area contributed by atoms with Gasteiger partial charge in [-0.25, -0.2) is 0 Å². The number of pyridine rings is 1. The number of carbonyl (C=O) groups is 2. The third-order valence-corrected chi connectivity index (χ3v) is 5.97. The Bertz CT molecular complexity index is 1260. The summed E-state index contributed by atoms with van der Waals surface area (Å²) in [5.74, 6) is -0.619. The second-order valence-corrected chi connectivity index (χ2v) is 8.11. The van der Waals surface area contributed by atoms with E-state index < -0.39 is 17.7 Å². The molecule has 0 aliphatic carbocycles. The molecule has 1 N–H and O–H groups in total. The molecule has 1 unspecified atom stereocenters. The van der Waals surface area contributed by atoms with E-state index in [-0.39, 0.29) is 17.9 Å². The number of ketones is 1. The third kappa shape index (κ3) is 4.42. The summed E-state index contributed by atoms with van der Waals surface area (Å²) in [6.07, 6.45) is 3.24. The molecule has 1 fully saturated rings. The molecule has 2 aromatic carbocycles. The van der Waals surface area contributed by atoms with Crippen molar-refractivity contribution < 1.29 is 28.9 Å². The second kappa shape index (κ2) is 9.89. The first-order chi connectivity index (χ1) is 16.9. The molecule has 4 rings (SSSR count). The summed E-state index contributed by atoms with van der Waals surface area (Å²) in [5.41, 5.74) is 2.74. The van der Waals surface area contributed by atoms with Crippen LogP contribution in [0.25, 0.3) is 5.76 Å². The number of hydrogen-bond donors (Lipinski definition) is 1. The number of aryl methyl sites for hydroxylation is 1. The highest BCUT2D eigenvalue weighted by Crippen LogP contribution is 2.46. The van der Waals surface area contributed by atoms with Crippen molar-refractivity contribution in [2.75, 3.05) is 21.3 Å². The molecule has 0 spiro atoms. The predicted octanol–water partition coefficient (Wildman–Crippen LogP) is 4.04. The molecule has 0 radical (unpaired) electrons. The first-order valence-corrected chi connectivity index (χ1v) is 10.9. The summed E-state index contributed by atoms with van der Waals surface area (Å²) in [5, 5.41) is 11.3. The Morgan fingerprint density at radius 2 is 1.54 bits per heavy atom. The molecule has 1 aliphatic rings. The topological polar surface area (TPSA) is 98.2 Å². The number of aliphatic hydroxyl groups excluding tert-OH is 1. The number of methoxy groups -OCH3 is 3. The van der Waals surface area contributed by atoms with E-state index in [1.54, 1.807) is 48.8 Å². The molecular weight excluding hydrogens is 448 g/mol. The first kappa shape index (κ1) is 23.8. The maximum atomic E-state index is 13.3. The molecule has 0 saturated carbocycles. The average Bonchev–Trinajstić information content (AvgIpc) is 3.13. The van der Waals surface area contributed by atoms with E-state index in [4.69, 9.17) is 14.2 Å². The molecule has 3 aromatic rings. The van der Waals surface area contributed by atoms with E-state index >= 15 is 0 Å². The normalized spacial score (nSPS) is 16.9. The summed E-state index contributed by atoms with van der Waals surface area (Å²) in [6, 6.07) is 13.1. The lowest BCUT2D eigenvalue weighted by atomic mass is 9.94. The Morgan fingerprint density at radius 3 is 2.09 bits per heavy atom. The van der Waals surface area contributed by atoms with Crippen molar-refractivity contribution in [2.24, 2.45) is 0 Å². The number of Topliss-reactive ketones (excluding diaryl/α,β-unsaturated/α-hetero) is 1. The van der Waals surface area contributed by atoms with Gasteiger partial charge in [0.15, 0.2) is 11.5 Å². The molecule has 1 saturated heterocycles. The summed E-state index contributed by atoms with van der Waals surface area (Å²) >= 11 is 0. The van der Waals surface area contributed by atoms with Gasteiger partial charge < -0.3 is 24.2 Å². The van der Waals surface area contributed by atoms with Crippen LogP contribution in [-0.2, 0) is 16.1 Å². The second-order valence-electron chi connectivity index (χ2n) is 8.11. The van der Waals surface area contributed by atoms with Gasteiger partial charge in [0.25, 0.3) is 11.7 Å². The van der Waals surface area contributed by atoms with Gasteiger partial charge in [0.1, 0.15) is 5.76 Å². The van der Waals surface area contributed by atoms with Crippen molar-refractivity contribution in [1.82, 2.24) is 9.88 Å². The van der Waals surface area contributed by atoms with E-state index in [9.17, 15) is 14.7 Å². The van der Waals surface area contributed by atoms with E-state index in [1.165, 1.54) is 26.2 Å². The standard InChI is InChI=1S/C27H26N2O6/c1-16-5-7-18(8-6-16)24(30)22-23(19-13-20(33-2)26(35-4)21(14-19)34-3)29(27(32)25(22)31)15-17-9-11-28-12-10-17/h5-14,23,30H,15H2,1-4H3/b24-22+. The number of amides is 1.